The summed E-state index contributed by atoms with van der Waals surface area (Å²) in [4.78, 5) is 20.0. The molecule has 0 saturated carbocycles. The van der Waals surface area contributed by atoms with E-state index in [4.69, 9.17) is 4.98 Å². The predicted octanol–water partition coefficient (Wildman–Crippen LogP) is 4.80. The molecular weight excluding hydrogens is 368 g/mol. The fourth-order valence-corrected chi connectivity index (χ4v) is 4.56. The van der Waals surface area contributed by atoms with Crippen molar-refractivity contribution in [3.05, 3.63) is 76.6 Å². The summed E-state index contributed by atoms with van der Waals surface area (Å²) in [5.74, 6) is -0.0969. The minimum atomic E-state index is -0.0969. The smallest absolute Gasteiger partial charge is 0.278 e. The monoisotopic (exact) mass is 390 g/mol. The molecule has 2 aromatic heterocycles. The molecule has 0 unspecified atom stereocenters. The van der Waals surface area contributed by atoms with Crippen LogP contribution in [0, 0.1) is 20.8 Å². The lowest BCUT2D eigenvalue weighted by molar-refractivity contribution is 0.0976. The van der Waals surface area contributed by atoms with Gasteiger partial charge in [0, 0.05) is 7.05 Å². The zero-order valence-corrected chi connectivity index (χ0v) is 17.2. The third-order valence-electron chi connectivity index (χ3n) is 4.70. The second-order valence-electron chi connectivity index (χ2n) is 7.10. The topological polar surface area (TPSA) is 51.0 Å². The molecule has 142 valence electrons. The van der Waals surface area contributed by atoms with Crippen LogP contribution < -0.4 is 4.90 Å². The molecular formula is C22H22N4OS. The molecule has 0 spiro atoms. The van der Waals surface area contributed by atoms with Crippen LogP contribution in [0.5, 0.6) is 0 Å². The van der Waals surface area contributed by atoms with E-state index in [2.05, 4.69) is 31.1 Å². The van der Waals surface area contributed by atoms with E-state index in [1.54, 1.807) is 28.0 Å². The van der Waals surface area contributed by atoms with Crippen LogP contribution in [0.25, 0.3) is 10.2 Å². The molecule has 0 N–H and O–H groups in total. The van der Waals surface area contributed by atoms with E-state index in [9.17, 15) is 4.79 Å². The summed E-state index contributed by atoms with van der Waals surface area (Å²) in [6.45, 7) is 6.49. The summed E-state index contributed by atoms with van der Waals surface area (Å²) in [5.41, 5.74) is 5.71. The van der Waals surface area contributed by atoms with E-state index in [0.29, 0.717) is 17.4 Å². The number of benzene rings is 2. The van der Waals surface area contributed by atoms with Crippen LogP contribution in [0.2, 0.25) is 0 Å². The standard InChI is InChI=1S/C22H22N4OS/c1-14-10-15(2)20-19(11-14)28-22(23-20)26(13-17-8-6-5-7-9-17)21(27)18-12-16(3)24-25(18)4/h5-12H,13H2,1-4H3. The van der Waals surface area contributed by atoms with E-state index in [1.807, 2.05) is 43.3 Å². The van der Waals surface area contributed by atoms with Gasteiger partial charge in [-0.05, 0) is 49.6 Å². The maximum Gasteiger partial charge on any atom is 0.278 e. The molecule has 4 aromatic rings. The molecule has 0 fully saturated rings. The third kappa shape index (κ3) is 3.43. The lowest BCUT2D eigenvalue weighted by Crippen LogP contribution is -2.31. The lowest BCUT2D eigenvalue weighted by Gasteiger charge is -2.20. The van der Waals surface area contributed by atoms with Gasteiger partial charge in [0.2, 0.25) is 0 Å². The molecule has 0 aliphatic rings. The van der Waals surface area contributed by atoms with Gasteiger partial charge < -0.3 is 0 Å². The first kappa shape index (κ1) is 18.4. The van der Waals surface area contributed by atoms with Crippen molar-refractivity contribution in [2.75, 3.05) is 4.90 Å². The van der Waals surface area contributed by atoms with Crippen LogP contribution >= 0.6 is 11.3 Å². The normalized spacial score (nSPS) is 11.1. The van der Waals surface area contributed by atoms with Gasteiger partial charge in [-0.25, -0.2) is 4.98 Å². The van der Waals surface area contributed by atoms with Gasteiger partial charge in [-0.2, -0.15) is 5.10 Å². The molecule has 2 heterocycles. The zero-order chi connectivity index (χ0) is 19.8. The molecule has 2 aromatic carbocycles. The Morgan fingerprint density at radius 1 is 1.11 bits per heavy atom. The maximum atomic E-state index is 13.4. The van der Waals surface area contributed by atoms with Crippen LogP contribution in [-0.2, 0) is 13.6 Å². The van der Waals surface area contributed by atoms with Crippen LogP contribution in [0.4, 0.5) is 5.13 Å². The number of carbonyl (C=O) groups is 1. The molecule has 1 amide bonds. The van der Waals surface area contributed by atoms with E-state index in [0.717, 1.165) is 27.0 Å². The minimum absolute atomic E-state index is 0.0969. The number of hydrogen-bond donors (Lipinski definition) is 0. The molecule has 0 saturated heterocycles. The largest absolute Gasteiger partial charge is 0.278 e. The number of aryl methyl sites for hydroxylation is 4. The Kier molecular flexibility index (Phi) is 4.73. The first-order chi connectivity index (χ1) is 13.4. The van der Waals surface area contributed by atoms with Crippen molar-refractivity contribution < 1.29 is 4.79 Å². The SMILES string of the molecule is Cc1cc(C)c2nc(N(Cc3ccccc3)C(=O)c3cc(C)nn3C)sc2c1. The quantitative estimate of drug-likeness (QED) is 0.503. The number of amides is 1. The summed E-state index contributed by atoms with van der Waals surface area (Å²) in [7, 11) is 1.80. The van der Waals surface area contributed by atoms with Crippen LogP contribution in [-0.4, -0.2) is 20.7 Å². The Hall–Kier alpha value is -2.99. The summed E-state index contributed by atoms with van der Waals surface area (Å²) in [6, 6.07) is 16.1. The molecule has 0 bridgehead atoms. The highest BCUT2D eigenvalue weighted by molar-refractivity contribution is 7.22. The summed E-state index contributed by atoms with van der Waals surface area (Å²) in [6.07, 6.45) is 0. The van der Waals surface area contributed by atoms with E-state index < -0.39 is 0 Å². The summed E-state index contributed by atoms with van der Waals surface area (Å²) < 4.78 is 2.73. The molecule has 4 rings (SSSR count). The van der Waals surface area contributed by atoms with Crippen molar-refractivity contribution in [2.24, 2.45) is 7.05 Å². The van der Waals surface area contributed by atoms with Gasteiger partial charge in [-0.1, -0.05) is 47.7 Å². The minimum Gasteiger partial charge on any atom is -0.278 e. The van der Waals surface area contributed by atoms with Gasteiger partial charge in [0.1, 0.15) is 5.69 Å². The van der Waals surface area contributed by atoms with Gasteiger partial charge in [-0.3, -0.25) is 14.4 Å². The van der Waals surface area contributed by atoms with Gasteiger partial charge >= 0.3 is 0 Å². The first-order valence-electron chi connectivity index (χ1n) is 9.16. The molecule has 6 heteroatoms. The van der Waals surface area contributed by atoms with Crippen molar-refractivity contribution in [2.45, 2.75) is 27.3 Å². The Morgan fingerprint density at radius 3 is 2.54 bits per heavy atom. The zero-order valence-electron chi connectivity index (χ0n) is 16.4. The van der Waals surface area contributed by atoms with Crippen LogP contribution in [0.1, 0.15) is 32.9 Å². The highest BCUT2D eigenvalue weighted by Crippen LogP contribution is 2.33. The maximum absolute atomic E-state index is 13.4. The van der Waals surface area contributed by atoms with Crippen molar-refractivity contribution in [3.63, 3.8) is 0 Å². The summed E-state index contributed by atoms with van der Waals surface area (Å²) >= 11 is 1.55. The molecule has 0 radical (unpaired) electrons. The number of carbonyl (C=O) groups excluding carboxylic acids is 1. The fourth-order valence-electron chi connectivity index (χ4n) is 3.42. The number of aromatic nitrogens is 3. The second-order valence-corrected chi connectivity index (χ2v) is 8.11. The number of hydrogen-bond acceptors (Lipinski definition) is 4. The number of rotatable bonds is 4. The Balaban J connectivity index is 1.82. The molecule has 0 aliphatic heterocycles. The lowest BCUT2D eigenvalue weighted by atomic mass is 10.1. The van der Waals surface area contributed by atoms with Gasteiger partial charge in [0.15, 0.2) is 5.13 Å². The van der Waals surface area contributed by atoms with Crippen LogP contribution in [0.15, 0.2) is 48.5 Å². The van der Waals surface area contributed by atoms with E-state index in [1.165, 1.54) is 5.56 Å². The Morgan fingerprint density at radius 2 is 1.86 bits per heavy atom. The highest BCUT2D eigenvalue weighted by Gasteiger charge is 2.24. The highest BCUT2D eigenvalue weighted by atomic mass is 32.1. The van der Waals surface area contributed by atoms with Gasteiger partial charge in [0.05, 0.1) is 22.5 Å². The molecule has 5 nitrogen and oxygen atoms in total. The first-order valence-corrected chi connectivity index (χ1v) is 9.98. The number of anilines is 1. The number of nitrogens with zero attached hydrogens (tertiary/aromatic N) is 4. The average molecular weight is 391 g/mol. The van der Waals surface area contributed by atoms with Crippen LogP contribution in [0.3, 0.4) is 0 Å². The van der Waals surface area contributed by atoms with Gasteiger partial charge in [0.25, 0.3) is 5.91 Å². The Bertz CT molecular complexity index is 1160. The van der Waals surface area contributed by atoms with E-state index in [-0.39, 0.29) is 5.91 Å². The van der Waals surface area contributed by atoms with Crippen molar-refractivity contribution in [1.29, 1.82) is 0 Å². The molecule has 28 heavy (non-hydrogen) atoms. The van der Waals surface area contributed by atoms with Crippen molar-refractivity contribution in [3.8, 4) is 0 Å². The fraction of sp³-hybridized carbons (Fsp3) is 0.227. The van der Waals surface area contributed by atoms with Crippen molar-refractivity contribution in [1.82, 2.24) is 14.8 Å². The average Bonchev–Trinajstić information content (AvgIpc) is 3.22. The molecule has 0 aliphatic carbocycles. The predicted molar refractivity (Wildman–Crippen MR) is 114 cm³/mol. The third-order valence-corrected chi connectivity index (χ3v) is 5.72. The van der Waals surface area contributed by atoms with E-state index >= 15 is 0 Å². The molecule has 0 atom stereocenters. The number of fused-ring (bicyclic) bond motifs is 1. The second kappa shape index (κ2) is 7.20. The Labute approximate surface area is 168 Å². The van der Waals surface area contributed by atoms with Gasteiger partial charge in [-0.15, -0.1) is 0 Å². The summed E-state index contributed by atoms with van der Waals surface area (Å²) in [5, 5.41) is 5.04. The van der Waals surface area contributed by atoms with Crippen molar-refractivity contribution >= 4 is 32.6 Å². The number of thiazole rings is 1.